The van der Waals surface area contributed by atoms with Gasteiger partial charge in [0.1, 0.15) is 154 Å². The van der Waals surface area contributed by atoms with Crippen LogP contribution in [-0.2, 0) is 103 Å². The van der Waals surface area contributed by atoms with E-state index >= 15 is 0 Å². The largest absolute Gasteiger partial charge is 0.394 e. The van der Waals surface area contributed by atoms with Crippen LogP contribution in [0, 0.1) is 0 Å². The van der Waals surface area contributed by atoms with Crippen molar-refractivity contribution in [2.75, 3.05) is 132 Å². The van der Waals surface area contributed by atoms with E-state index in [1.807, 2.05) is 0 Å². The van der Waals surface area contributed by atoms with Crippen molar-refractivity contribution < 1.29 is 159 Å². The van der Waals surface area contributed by atoms with Crippen LogP contribution >= 0.6 is 0 Å². The number of unbranched alkanes of at least 4 members (excludes halogenated alkanes) is 12. The lowest BCUT2D eigenvalue weighted by molar-refractivity contribution is -0.433. The van der Waals surface area contributed by atoms with Gasteiger partial charge in [0.25, 0.3) is 0 Å². The minimum absolute atomic E-state index is 0.0870. The summed E-state index contributed by atoms with van der Waals surface area (Å²) in [5.74, 6) is -0.641. The van der Waals surface area contributed by atoms with Gasteiger partial charge in [0, 0.05) is 6.42 Å². The first-order chi connectivity index (χ1) is 37.9. The Hall–Kier alpha value is -1.73. The van der Waals surface area contributed by atoms with Crippen LogP contribution in [0.25, 0.3) is 0 Å². The van der Waals surface area contributed by atoms with Gasteiger partial charge in [-0.25, -0.2) is 92.8 Å². The second-order valence-corrected chi connectivity index (χ2v) is 17.4. The maximum Gasteiger partial charge on any atom is 0.342 e. The standard InChI is InChI=1S/C46H92O32/c1-2-3-4-5-6-7-8-9-10-11-12-13-14-15-46(58)78-72-35-45(32-66-65-29-42(74-68-25-39(56)19-50)28-62-59-22-36(53)16-47)77-71-34-44(31-64-61-27-41(21-52)73-67-24-38(55)18-49)76-70-33-43(75-69-26-40(57)20-51)30-63-60-23-37(54)17-48/h36-45,47-57H,2-35H2,1H3. The molecule has 0 aliphatic rings. The third kappa shape index (κ3) is 50.0. The van der Waals surface area contributed by atoms with E-state index in [1.165, 1.54) is 51.4 Å². The molecule has 0 aliphatic heterocycles. The number of hydrogen-bond donors (Lipinski definition) is 11. The Labute approximate surface area is 454 Å². The first-order valence-electron chi connectivity index (χ1n) is 26.2. The molecule has 78 heavy (non-hydrogen) atoms. The minimum atomic E-state index is -1.30. The fourth-order valence-electron chi connectivity index (χ4n) is 5.36. The van der Waals surface area contributed by atoms with Crippen molar-refractivity contribution in [1.82, 2.24) is 0 Å². The van der Waals surface area contributed by atoms with Crippen molar-refractivity contribution in [2.45, 2.75) is 158 Å². The summed E-state index contributed by atoms with van der Waals surface area (Å²) in [6.07, 6.45) is 2.51. The van der Waals surface area contributed by atoms with E-state index in [4.69, 9.17) is 123 Å². The normalized spacial score (nSPS) is 15.9. The van der Waals surface area contributed by atoms with E-state index in [0.29, 0.717) is 6.42 Å². The zero-order valence-corrected chi connectivity index (χ0v) is 44.8. The molecule has 10 atom stereocenters. The molecular formula is C46H92O32. The zero-order chi connectivity index (χ0) is 57.5. The Balaban J connectivity index is 5.78. The van der Waals surface area contributed by atoms with E-state index < -0.39 is 199 Å². The quantitative estimate of drug-likeness (QED) is 0.0180. The molecule has 11 N–H and O–H groups in total. The number of rotatable bonds is 63. The van der Waals surface area contributed by atoms with Crippen LogP contribution in [0.5, 0.6) is 0 Å². The topological polar surface area (TPSA) is 424 Å². The molecule has 0 aromatic carbocycles. The van der Waals surface area contributed by atoms with E-state index in [0.717, 1.165) is 25.7 Å². The molecule has 32 nitrogen and oxygen atoms in total. The Kier molecular flexibility index (Phi) is 55.8. The smallest absolute Gasteiger partial charge is 0.342 e. The Morgan fingerprint density at radius 1 is 0.282 bits per heavy atom. The highest BCUT2D eigenvalue weighted by atomic mass is 17.3. The molecular weight excluding hydrogens is 1060 g/mol. The second-order valence-electron chi connectivity index (χ2n) is 17.4. The van der Waals surface area contributed by atoms with Crippen molar-refractivity contribution in [1.29, 1.82) is 0 Å². The molecule has 10 unspecified atom stereocenters. The molecule has 0 fully saturated rings. The lowest BCUT2D eigenvalue weighted by atomic mass is 10.0. The van der Waals surface area contributed by atoms with Crippen LogP contribution in [0.4, 0.5) is 0 Å². The number of aliphatic hydroxyl groups is 11. The van der Waals surface area contributed by atoms with Crippen LogP contribution < -0.4 is 0 Å². The fourth-order valence-corrected chi connectivity index (χ4v) is 5.36. The van der Waals surface area contributed by atoms with Crippen molar-refractivity contribution >= 4 is 5.97 Å². The van der Waals surface area contributed by atoms with Crippen LogP contribution in [-0.4, -0.2) is 255 Å². The molecule has 0 aromatic rings. The van der Waals surface area contributed by atoms with Gasteiger partial charge >= 0.3 is 5.97 Å². The summed E-state index contributed by atoms with van der Waals surface area (Å²) in [6.45, 7) is -7.89. The van der Waals surface area contributed by atoms with Gasteiger partial charge < -0.3 is 56.2 Å². The minimum Gasteiger partial charge on any atom is -0.394 e. The molecule has 468 valence electrons. The lowest BCUT2D eigenvalue weighted by Crippen LogP contribution is -2.34. The Morgan fingerprint density at radius 3 is 0.821 bits per heavy atom. The number of carbonyl (C=O) groups excluding carboxylic acids is 1. The van der Waals surface area contributed by atoms with Crippen molar-refractivity contribution in [3.63, 3.8) is 0 Å². The van der Waals surface area contributed by atoms with Crippen LogP contribution in [0.3, 0.4) is 0 Å². The molecule has 0 amide bonds. The van der Waals surface area contributed by atoms with Gasteiger partial charge in [-0.05, 0) is 6.42 Å². The van der Waals surface area contributed by atoms with E-state index in [2.05, 4.69) is 6.92 Å². The monoisotopic (exact) mass is 1160 g/mol. The summed E-state index contributed by atoms with van der Waals surface area (Å²) in [5, 5.41) is 102. The molecule has 0 heterocycles. The lowest BCUT2D eigenvalue weighted by Gasteiger charge is -2.21. The van der Waals surface area contributed by atoms with Crippen LogP contribution in [0.15, 0.2) is 0 Å². The summed E-state index contributed by atoms with van der Waals surface area (Å²) in [4.78, 5) is 115. The number of aliphatic hydroxyl groups excluding tert-OH is 11. The van der Waals surface area contributed by atoms with Crippen molar-refractivity contribution in [2.24, 2.45) is 0 Å². The molecule has 0 radical (unpaired) electrons. The third-order valence-corrected chi connectivity index (χ3v) is 9.84. The molecule has 0 aromatic heterocycles. The maximum atomic E-state index is 12.6. The molecule has 32 heteroatoms. The molecule has 0 rings (SSSR count). The number of hydrogen-bond acceptors (Lipinski definition) is 32. The second kappa shape index (κ2) is 57.1. The highest BCUT2D eigenvalue weighted by molar-refractivity contribution is 5.68. The van der Waals surface area contributed by atoms with E-state index in [1.54, 1.807) is 0 Å². The van der Waals surface area contributed by atoms with Gasteiger partial charge in [-0.1, -0.05) is 84.0 Å². The first kappa shape index (κ1) is 76.3. The molecule has 0 aliphatic carbocycles. The highest BCUT2D eigenvalue weighted by Crippen LogP contribution is 2.14. The van der Waals surface area contributed by atoms with Gasteiger partial charge in [0.15, 0.2) is 0 Å². The highest BCUT2D eigenvalue weighted by Gasteiger charge is 2.23. The predicted octanol–water partition coefficient (Wildman–Crippen LogP) is -1.92. The molecule has 0 saturated carbocycles. The Morgan fingerprint density at radius 2 is 0.513 bits per heavy atom. The summed E-state index contributed by atoms with van der Waals surface area (Å²) in [7, 11) is 0. The van der Waals surface area contributed by atoms with Gasteiger partial charge in [0.2, 0.25) is 0 Å². The van der Waals surface area contributed by atoms with Gasteiger partial charge in [0.05, 0.1) is 39.6 Å². The van der Waals surface area contributed by atoms with Crippen molar-refractivity contribution in [3.05, 3.63) is 0 Å². The number of carbonyl (C=O) groups is 1. The van der Waals surface area contributed by atoms with Gasteiger partial charge in [-0.3, -0.25) is 4.89 Å². The molecule has 0 saturated heterocycles. The van der Waals surface area contributed by atoms with E-state index in [9.17, 15) is 35.4 Å². The summed E-state index contributed by atoms with van der Waals surface area (Å²) < 4.78 is 0. The third-order valence-electron chi connectivity index (χ3n) is 9.84. The average molecular weight is 1160 g/mol. The first-order valence-corrected chi connectivity index (χ1v) is 26.2. The average Bonchev–Trinajstić information content (AvgIpc) is 3.44. The summed E-state index contributed by atoms with van der Waals surface area (Å²) in [5.41, 5.74) is 0. The SMILES string of the molecule is CCCCCCCCCCCCCCCC(=O)OOCC(COOCC(COOCC(O)CO)OOCC(O)CO)OOCC(COOCC(CO)OOCC(O)CO)OOCC(COOCC(O)CO)OOCC(O)CO. The summed E-state index contributed by atoms with van der Waals surface area (Å²) in [6, 6.07) is 0. The predicted molar refractivity (Wildman–Crippen MR) is 257 cm³/mol. The van der Waals surface area contributed by atoms with Gasteiger partial charge in [-0.15, -0.1) is 0 Å². The molecule has 0 bridgehead atoms. The maximum absolute atomic E-state index is 12.6. The van der Waals surface area contributed by atoms with Crippen molar-refractivity contribution in [3.8, 4) is 0 Å². The van der Waals surface area contributed by atoms with Crippen LogP contribution in [0.1, 0.15) is 96.8 Å². The van der Waals surface area contributed by atoms with Gasteiger partial charge in [-0.2, -0.15) is 4.89 Å². The molecule has 0 spiro atoms. The zero-order valence-electron chi connectivity index (χ0n) is 44.8. The van der Waals surface area contributed by atoms with E-state index in [-0.39, 0.29) is 6.42 Å². The summed E-state index contributed by atoms with van der Waals surface area (Å²) >= 11 is 0. The fraction of sp³-hybridized carbons (Fsp3) is 0.978. The van der Waals surface area contributed by atoms with Crippen LogP contribution in [0.2, 0.25) is 0 Å². The Bertz CT molecular complexity index is 1240.